The van der Waals surface area contributed by atoms with Crippen LogP contribution < -0.4 is 15.9 Å². The van der Waals surface area contributed by atoms with Crippen molar-refractivity contribution in [2.45, 2.75) is 69.4 Å². The maximum atomic E-state index is 13.9. The van der Waals surface area contributed by atoms with Crippen LogP contribution in [0.1, 0.15) is 73.5 Å². The predicted octanol–water partition coefficient (Wildman–Crippen LogP) is 4.19. The van der Waals surface area contributed by atoms with Crippen molar-refractivity contribution < 1.29 is 18.3 Å². The van der Waals surface area contributed by atoms with Gasteiger partial charge in [-0.05, 0) is 56.2 Å². The summed E-state index contributed by atoms with van der Waals surface area (Å²) in [6.45, 7) is 2.14. The molecule has 3 aromatic rings. The van der Waals surface area contributed by atoms with E-state index in [4.69, 9.17) is 9.47 Å². The summed E-state index contributed by atoms with van der Waals surface area (Å²) in [6.07, 6.45) is 2.34. The monoisotopic (exact) mass is 500 g/mol. The van der Waals surface area contributed by atoms with E-state index in [-0.39, 0.29) is 54.5 Å². The van der Waals surface area contributed by atoms with Gasteiger partial charge in [0.05, 0.1) is 18.6 Å². The summed E-state index contributed by atoms with van der Waals surface area (Å²) >= 11 is 0. The molecule has 2 aliphatic rings. The van der Waals surface area contributed by atoms with Gasteiger partial charge in [-0.25, -0.2) is 18.7 Å². The van der Waals surface area contributed by atoms with Crippen molar-refractivity contribution >= 4 is 11.0 Å². The van der Waals surface area contributed by atoms with Crippen molar-refractivity contribution in [3.63, 3.8) is 0 Å². The molecule has 36 heavy (non-hydrogen) atoms. The molecule has 0 amide bonds. The molecular formula is C26H30F2N4O4. The smallest absolute Gasteiger partial charge is 0.262 e. The van der Waals surface area contributed by atoms with Gasteiger partial charge in [0.1, 0.15) is 5.82 Å². The van der Waals surface area contributed by atoms with Gasteiger partial charge >= 0.3 is 0 Å². The first-order chi connectivity index (χ1) is 17.2. The van der Waals surface area contributed by atoms with Crippen LogP contribution in [0, 0.1) is 6.92 Å². The summed E-state index contributed by atoms with van der Waals surface area (Å²) in [4.78, 5) is 36.0. The number of hydrogen-bond acceptors (Lipinski definition) is 6. The third kappa shape index (κ3) is 4.42. The van der Waals surface area contributed by atoms with E-state index >= 15 is 0 Å². The predicted molar refractivity (Wildman–Crippen MR) is 130 cm³/mol. The van der Waals surface area contributed by atoms with Crippen LogP contribution in [0.25, 0.3) is 11.0 Å². The van der Waals surface area contributed by atoms with Crippen molar-refractivity contribution in [1.29, 1.82) is 0 Å². The molecule has 10 heteroatoms. The molecule has 1 aliphatic heterocycles. The van der Waals surface area contributed by atoms with Crippen LogP contribution in [0.2, 0.25) is 0 Å². The molecule has 8 nitrogen and oxygen atoms in total. The average molecular weight is 501 g/mol. The zero-order valence-electron chi connectivity index (χ0n) is 20.7. The summed E-state index contributed by atoms with van der Waals surface area (Å²) in [5, 5.41) is 0.337. The van der Waals surface area contributed by atoms with Gasteiger partial charge in [-0.3, -0.25) is 18.7 Å². The van der Waals surface area contributed by atoms with Crippen LogP contribution >= 0.6 is 0 Å². The Kier molecular flexibility index (Phi) is 6.40. The Balaban J connectivity index is 1.59. The molecule has 1 saturated carbocycles. The van der Waals surface area contributed by atoms with Gasteiger partial charge in [0.25, 0.3) is 11.1 Å². The van der Waals surface area contributed by atoms with E-state index in [0.29, 0.717) is 42.1 Å². The second-order valence-electron chi connectivity index (χ2n) is 9.84. The molecule has 3 aromatic heterocycles. The van der Waals surface area contributed by atoms with Crippen molar-refractivity contribution in [1.82, 2.24) is 19.1 Å². The fraction of sp³-hybridized carbons (Fsp3) is 0.538. The summed E-state index contributed by atoms with van der Waals surface area (Å²) in [5.41, 5.74) is 1.16. The van der Waals surface area contributed by atoms with Crippen LogP contribution in [-0.4, -0.2) is 38.7 Å². The number of pyridine rings is 2. The quantitative estimate of drug-likeness (QED) is 0.534. The average Bonchev–Trinajstić information content (AvgIpc) is 2.88. The van der Waals surface area contributed by atoms with Gasteiger partial charge in [-0.1, -0.05) is 0 Å². The Bertz CT molecular complexity index is 1390. The van der Waals surface area contributed by atoms with E-state index < -0.39 is 12.0 Å². The minimum atomic E-state index is -2.73. The van der Waals surface area contributed by atoms with Crippen LogP contribution in [0.5, 0.6) is 5.88 Å². The highest BCUT2D eigenvalue weighted by atomic mass is 19.3. The highest BCUT2D eigenvalue weighted by Gasteiger charge is 2.37. The molecule has 4 heterocycles. The van der Waals surface area contributed by atoms with Crippen LogP contribution in [0.15, 0.2) is 34.0 Å². The van der Waals surface area contributed by atoms with Gasteiger partial charge in [0.15, 0.2) is 5.65 Å². The van der Waals surface area contributed by atoms with E-state index in [9.17, 15) is 18.4 Å². The van der Waals surface area contributed by atoms with E-state index in [2.05, 4.69) is 9.97 Å². The zero-order valence-corrected chi connectivity index (χ0v) is 20.7. The number of hydrogen-bond donors (Lipinski definition) is 0. The lowest BCUT2D eigenvalue weighted by Crippen LogP contribution is -2.36. The van der Waals surface area contributed by atoms with Crippen LogP contribution in [0.3, 0.4) is 0 Å². The highest BCUT2D eigenvalue weighted by Crippen LogP contribution is 2.40. The van der Waals surface area contributed by atoms with Crippen LogP contribution in [-0.2, 0) is 11.8 Å². The molecule has 192 valence electrons. The lowest BCUT2D eigenvalue weighted by Gasteiger charge is -2.32. The molecule has 0 aromatic carbocycles. The number of methoxy groups -OCH3 is 1. The second-order valence-corrected chi connectivity index (χ2v) is 9.84. The molecule has 1 saturated heterocycles. The minimum absolute atomic E-state index is 0.162. The Morgan fingerprint density at radius 1 is 1.14 bits per heavy atom. The van der Waals surface area contributed by atoms with Crippen molar-refractivity contribution in [2.75, 3.05) is 13.7 Å². The Morgan fingerprint density at radius 3 is 2.56 bits per heavy atom. The summed E-state index contributed by atoms with van der Waals surface area (Å²) < 4.78 is 42.0. The zero-order chi connectivity index (χ0) is 25.6. The number of nitrogens with zero attached hydrogens (tertiary/aromatic N) is 4. The third-order valence-corrected chi connectivity index (χ3v) is 7.64. The number of ether oxygens (including phenoxy) is 2. The molecule has 5 rings (SSSR count). The molecule has 0 radical (unpaired) electrons. The second kappa shape index (κ2) is 9.38. The van der Waals surface area contributed by atoms with E-state index in [0.717, 1.165) is 5.56 Å². The Hall–Kier alpha value is -3.14. The molecular weight excluding hydrogens is 470 g/mol. The van der Waals surface area contributed by atoms with E-state index in [1.807, 2.05) is 6.07 Å². The largest absolute Gasteiger partial charge is 0.481 e. The van der Waals surface area contributed by atoms with Crippen molar-refractivity contribution in [3.8, 4) is 5.88 Å². The molecule has 0 spiro atoms. The third-order valence-electron chi connectivity index (χ3n) is 7.64. The number of aryl methyl sites for hydroxylation is 1. The van der Waals surface area contributed by atoms with Gasteiger partial charge in [-0.15, -0.1) is 0 Å². The summed E-state index contributed by atoms with van der Waals surface area (Å²) in [5.74, 6) is -1.93. The van der Waals surface area contributed by atoms with Crippen molar-refractivity contribution in [2.24, 2.45) is 7.05 Å². The lowest BCUT2D eigenvalue weighted by atomic mass is 9.86. The maximum Gasteiger partial charge on any atom is 0.262 e. The van der Waals surface area contributed by atoms with Gasteiger partial charge in [0.2, 0.25) is 11.8 Å². The van der Waals surface area contributed by atoms with Gasteiger partial charge < -0.3 is 9.47 Å². The fourth-order valence-corrected chi connectivity index (χ4v) is 5.40. The number of alkyl halides is 2. The fourth-order valence-electron chi connectivity index (χ4n) is 5.40. The Morgan fingerprint density at radius 2 is 1.89 bits per heavy atom. The summed E-state index contributed by atoms with van der Waals surface area (Å²) in [7, 11) is 3.19. The molecule has 2 atom stereocenters. The number of halogens is 2. The first-order valence-corrected chi connectivity index (χ1v) is 12.3. The molecule has 2 fully saturated rings. The molecule has 0 N–H and O–H groups in total. The SMILES string of the molecule is COc1ccc([C@H]2C[C@@H](c3cc4c(=O)n(C)c(C)nc4n(C4CCC(F)(F)CC4)c3=O)CCO2)cn1. The van der Waals surface area contributed by atoms with Crippen molar-refractivity contribution in [3.05, 3.63) is 62.1 Å². The lowest BCUT2D eigenvalue weighted by molar-refractivity contribution is -0.0439. The first-order valence-electron chi connectivity index (χ1n) is 12.3. The van der Waals surface area contributed by atoms with Gasteiger partial charge in [0, 0.05) is 50.4 Å². The normalized spacial score (nSPS) is 22.6. The first kappa shape index (κ1) is 24.5. The molecule has 0 bridgehead atoms. The molecule has 0 unspecified atom stereocenters. The summed E-state index contributed by atoms with van der Waals surface area (Å²) in [6, 6.07) is 4.89. The minimum Gasteiger partial charge on any atom is -0.481 e. The Labute approximate surface area is 206 Å². The number of fused-ring (bicyclic) bond motifs is 1. The van der Waals surface area contributed by atoms with Gasteiger partial charge in [-0.2, -0.15) is 0 Å². The highest BCUT2D eigenvalue weighted by molar-refractivity contribution is 5.75. The number of aromatic nitrogens is 4. The maximum absolute atomic E-state index is 13.9. The topological polar surface area (TPSA) is 88.2 Å². The van der Waals surface area contributed by atoms with Crippen LogP contribution in [0.4, 0.5) is 8.78 Å². The van der Waals surface area contributed by atoms with E-state index in [1.54, 1.807) is 39.4 Å². The van der Waals surface area contributed by atoms with E-state index in [1.165, 1.54) is 9.13 Å². The number of rotatable bonds is 4. The molecule has 1 aliphatic carbocycles. The standard InChI is InChI=1S/C26H30F2N4O4/c1-15-30-23-20(24(33)31(15)2)13-19(25(34)32(23)18-6-9-26(27,28)10-7-18)16-8-11-36-21(12-16)17-4-5-22(35-3)29-14-17/h4-5,13-14,16,18,21H,6-12H2,1-3H3/t16-,21+/m0/s1.